The van der Waals surface area contributed by atoms with Gasteiger partial charge in [-0.3, -0.25) is 9.59 Å². The van der Waals surface area contributed by atoms with Gasteiger partial charge in [0, 0.05) is 5.69 Å². The molecule has 4 nitrogen and oxygen atoms in total. The van der Waals surface area contributed by atoms with Crippen molar-refractivity contribution in [3.05, 3.63) is 29.8 Å². The van der Waals surface area contributed by atoms with Gasteiger partial charge in [0.05, 0.1) is 5.92 Å². The van der Waals surface area contributed by atoms with Crippen molar-refractivity contribution >= 4 is 17.6 Å². The Morgan fingerprint density at radius 1 is 1.22 bits per heavy atom. The lowest BCUT2D eigenvalue weighted by Gasteiger charge is -2.10. The SMILES string of the molecule is CC(C(=O)O)c1ccc(NC(=O)C(F)(F)F)cc1. The van der Waals surface area contributed by atoms with Crippen molar-refractivity contribution in [1.29, 1.82) is 0 Å². The molecule has 0 aromatic heterocycles. The van der Waals surface area contributed by atoms with Crippen molar-refractivity contribution in [2.24, 2.45) is 0 Å². The molecule has 2 N–H and O–H groups in total. The number of hydrogen-bond acceptors (Lipinski definition) is 2. The maximum atomic E-state index is 12.0. The van der Waals surface area contributed by atoms with Crippen molar-refractivity contribution in [2.75, 3.05) is 5.32 Å². The molecule has 0 saturated carbocycles. The number of carbonyl (C=O) groups excluding carboxylic acids is 1. The number of carboxylic acids is 1. The number of anilines is 1. The van der Waals surface area contributed by atoms with Gasteiger partial charge in [0.25, 0.3) is 0 Å². The van der Waals surface area contributed by atoms with Gasteiger partial charge in [0.2, 0.25) is 0 Å². The number of amides is 1. The molecule has 0 heterocycles. The molecule has 1 aromatic rings. The Kier molecular flexibility index (Phi) is 3.95. The number of nitrogens with one attached hydrogen (secondary N) is 1. The highest BCUT2D eigenvalue weighted by Crippen LogP contribution is 2.21. The van der Waals surface area contributed by atoms with E-state index in [1.165, 1.54) is 31.2 Å². The molecule has 1 aromatic carbocycles. The molecule has 7 heteroatoms. The van der Waals surface area contributed by atoms with Crippen LogP contribution in [-0.2, 0) is 9.59 Å². The maximum absolute atomic E-state index is 12.0. The minimum Gasteiger partial charge on any atom is -0.481 e. The van der Waals surface area contributed by atoms with Crippen LogP contribution >= 0.6 is 0 Å². The van der Waals surface area contributed by atoms with Crippen molar-refractivity contribution < 1.29 is 27.9 Å². The van der Waals surface area contributed by atoms with Gasteiger partial charge in [-0.2, -0.15) is 13.2 Å². The number of hydrogen-bond donors (Lipinski definition) is 2. The number of aliphatic carboxylic acids is 1. The fourth-order valence-corrected chi connectivity index (χ4v) is 1.20. The Hall–Kier alpha value is -2.05. The van der Waals surface area contributed by atoms with Crippen LogP contribution in [0.5, 0.6) is 0 Å². The average molecular weight is 261 g/mol. The van der Waals surface area contributed by atoms with Crippen LogP contribution in [0.3, 0.4) is 0 Å². The quantitative estimate of drug-likeness (QED) is 0.877. The molecule has 1 amide bonds. The minimum atomic E-state index is -4.95. The van der Waals surface area contributed by atoms with Crippen LogP contribution in [0.1, 0.15) is 18.4 Å². The summed E-state index contributed by atoms with van der Waals surface area (Å²) in [4.78, 5) is 21.3. The lowest BCUT2D eigenvalue weighted by molar-refractivity contribution is -0.167. The topological polar surface area (TPSA) is 66.4 Å². The highest BCUT2D eigenvalue weighted by Gasteiger charge is 2.38. The molecule has 0 aliphatic heterocycles. The van der Waals surface area contributed by atoms with E-state index in [2.05, 4.69) is 0 Å². The number of halogens is 3. The third-order valence-corrected chi connectivity index (χ3v) is 2.30. The summed E-state index contributed by atoms with van der Waals surface area (Å²) in [6.07, 6.45) is -4.95. The molecule has 0 fully saturated rings. The fourth-order valence-electron chi connectivity index (χ4n) is 1.20. The van der Waals surface area contributed by atoms with E-state index in [0.717, 1.165) is 0 Å². The molecule has 0 bridgehead atoms. The molecule has 0 radical (unpaired) electrons. The van der Waals surface area contributed by atoms with Gasteiger partial charge in [0.1, 0.15) is 0 Å². The lowest BCUT2D eigenvalue weighted by atomic mass is 10.0. The van der Waals surface area contributed by atoms with E-state index in [1.54, 1.807) is 5.32 Å². The van der Waals surface area contributed by atoms with Crippen LogP contribution in [-0.4, -0.2) is 23.2 Å². The molecule has 1 unspecified atom stereocenters. The number of alkyl halides is 3. The van der Waals surface area contributed by atoms with Gasteiger partial charge in [-0.05, 0) is 24.6 Å². The Labute approximate surface area is 100 Å². The van der Waals surface area contributed by atoms with Crippen molar-refractivity contribution in [3.63, 3.8) is 0 Å². The van der Waals surface area contributed by atoms with Gasteiger partial charge in [-0.25, -0.2) is 0 Å². The molecule has 0 aliphatic rings. The van der Waals surface area contributed by atoms with E-state index in [1.807, 2.05) is 0 Å². The fraction of sp³-hybridized carbons (Fsp3) is 0.273. The number of carboxylic acid groups (broad SMARTS) is 1. The summed E-state index contributed by atoms with van der Waals surface area (Å²) in [6.45, 7) is 1.45. The van der Waals surface area contributed by atoms with E-state index in [0.29, 0.717) is 5.56 Å². The van der Waals surface area contributed by atoms with Crippen LogP contribution in [0.25, 0.3) is 0 Å². The summed E-state index contributed by atoms with van der Waals surface area (Å²) in [6, 6.07) is 5.15. The Morgan fingerprint density at radius 3 is 2.11 bits per heavy atom. The average Bonchev–Trinajstić information content (AvgIpc) is 2.27. The number of rotatable bonds is 3. The zero-order chi connectivity index (χ0) is 13.9. The lowest BCUT2D eigenvalue weighted by Crippen LogP contribution is -2.29. The zero-order valence-corrected chi connectivity index (χ0v) is 9.28. The minimum absolute atomic E-state index is 0.0429. The summed E-state index contributed by atoms with van der Waals surface area (Å²) in [5.41, 5.74) is 0.395. The second-order valence-corrected chi connectivity index (χ2v) is 3.63. The van der Waals surface area contributed by atoms with Crippen LogP contribution in [0, 0.1) is 0 Å². The smallest absolute Gasteiger partial charge is 0.471 e. The largest absolute Gasteiger partial charge is 0.481 e. The number of benzene rings is 1. The molecule has 0 saturated heterocycles. The van der Waals surface area contributed by atoms with Gasteiger partial charge < -0.3 is 10.4 Å². The highest BCUT2D eigenvalue weighted by molar-refractivity contribution is 5.94. The predicted molar refractivity (Wildman–Crippen MR) is 57.2 cm³/mol. The summed E-state index contributed by atoms with van der Waals surface area (Å²) >= 11 is 0. The van der Waals surface area contributed by atoms with Gasteiger partial charge >= 0.3 is 18.1 Å². The molecule has 18 heavy (non-hydrogen) atoms. The third kappa shape index (κ3) is 3.47. The first-order chi connectivity index (χ1) is 8.21. The van der Waals surface area contributed by atoms with E-state index >= 15 is 0 Å². The second kappa shape index (κ2) is 5.07. The first-order valence-electron chi connectivity index (χ1n) is 4.92. The second-order valence-electron chi connectivity index (χ2n) is 3.63. The molecule has 98 valence electrons. The van der Waals surface area contributed by atoms with Crippen LogP contribution in [0.2, 0.25) is 0 Å². The standard InChI is InChI=1S/C11H10F3NO3/c1-6(9(16)17)7-2-4-8(5-3-7)15-10(18)11(12,13)14/h2-6H,1H3,(H,15,18)(H,16,17). The summed E-state index contributed by atoms with van der Waals surface area (Å²) < 4.78 is 35.9. The molecular weight excluding hydrogens is 251 g/mol. The van der Waals surface area contributed by atoms with Gasteiger partial charge in [-0.15, -0.1) is 0 Å². The predicted octanol–water partition coefficient (Wildman–Crippen LogP) is 2.38. The summed E-state index contributed by atoms with van der Waals surface area (Å²) in [7, 11) is 0. The zero-order valence-electron chi connectivity index (χ0n) is 9.28. The van der Waals surface area contributed by atoms with E-state index in [-0.39, 0.29) is 5.69 Å². The Bertz CT molecular complexity index is 454. The van der Waals surface area contributed by atoms with Crippen LogP contribution in [0.15, 0.2) is 24.3 Å². The first kappa shape index (κ1) is 14.0. The highest BCUT2D eigenvalue weighted by atomic mass is 19.4. The molecular formula is C11H10F3NO3. The summed E-state index contributed by atoms with van der Waals surface area (Å²) in [5, 5.41) is 10.4. The van der Waals surface area contributed by atoms with Crippen LogP contribution < -0.4 is 5.32 Å². The van der Waals surface area contributed by atoms with Crippen molar-refractivity contribution in [1.82, 2.24) is 0 Å². The van der Waals surface area contributed by atoms with Crippen molar-refractivity contribution in [2.45, 2.75) is 19.0 Å². The van der Waals surface area contributed by atoms with Crippen LogP contribution in [0.4, 0.5) is 18.9 Å². The van der Waals surface area contributed by atoms with Gasteiger partial charge in [0.15, 0.2) is 0 Å². The maximum Gasteiger partial charge on any atom is 0.471 e. The molecule has 0 aliphatic carbocycles. The van der Waals surface area contributed by atoms with E-state index < -0.39 is 24.0 Å². The number of carbonyl (C=O) groups is 2. The third-order valence-electron chi connectivity index (χ3n) is 2.30. The monoisotopic (exact) mass is 261 g/mol. The first-order valence-corrected chi connectivity index (χ1v) is 4.92. The van der Waals surface area contributed by atoms with Crippen molar-refractivity contribution in [3.8, 4) is 0 Å². The van der Waals surface area contributed by atoms with E-state index in [9.17, 15) is 22.8 Å². The molecule has 0 spiro atoms. The molecule has 1 atom stereocenters. The normalized spacial score (nSPS) is 12.9. The summed E-state index contributed by atoms with van der Waals surface area (Å²) in [5.74, 6) is -3.87. The van der Waals surface area contributed by atoms with Gasteiger partial charge in [-0.1, -0.05) is 12.1 Å². The van der Waals surface area contributed by atoms with E-state index in [4.69, 9.17) is 5.11 Å². The Morgan fingerprint density at radius 2 is 1.72 bits per heavy atom. The molecule has 1 rings (SSSR count). The Balaban J connectivity index is 2.78.